The van der Waals surface area contributed by atoms with Gasteiger partial charge in [0.1, 0.15) is 0 Å². The third-order valence-corrected chi connectivity index (χ3v) is 4.44. The summed E-state index contributed by atoms with van der Waals surface area (Å²) >= 11 is 11.1. The molecule has 0 radical (unpaired) electrons. The van der Waals surface area contributed by atoms with Gasteiger partial charge in [-0.1, -0.05) is 11.6 Å². The lowest BCUT2D eigenvalue weighted by Gasteiger charge is -2.08. The van der Waals surface area contributed by atoms with Crippen molar-refractivity contribution in [3.05, 3.63) is 49.6 Å². The van der Waals surface area contributed by atoms with Crippen LogP contribution >= 0.6 is 38.9 Å². The molecule has 0 aliphatic carbocycles. The Morgan fingerprint density at radius 2 is 2.21 bits per heavy atom. The predicted molar refractivity (Wildman–Crippen MR) is 84.2 cm³/mol. The third-order valence-electron chi connectivity index (χ3n) is 2.56. The van der Waals surface area contributed by atoms with Crippen molar-refractivity contribution >= 4 is 50.5 Å². The molecule has 1 aromatic heterocycles. The van der Waals surface area contributed by atoms with Crippen molar-refractivity contribution in [2.45, 2.75) is 6.54 Å². The zero-order valence-corrected chi connectivity index (χ0v) is 13.3. The van der Waals surface area contributed by atoms with Gasteiger partial charge in [-0.3, -0.25) is 4.79 Å². The van der Waals surface area contributed by atoms with Crippen LogP contribution < -0.4 is 10.6 Å². The number of halogens is 2. The van der Waals surface area contributed by atoms with E-state index in [2.05, 4.69) is 38.0 Å². The molecule has 2 N–H and O–H groups in total. The summed E-state index contributed by atoms with van der Waals surface area (Å²) in [7, 11) is 1.58. The van der Waals surface area contributed by atoms with Crippen LogP contribution in [0, 0.1) is 0 Å². The smallest absolute Gasteiger partial charge is 0.252 e. The molecule has 0 aliphatic heterocycles. The van der Waals surface area contributed by atoms with Crippen molar-refractivity contribution in [2.75, 3.05) is 12.4 Å². The van der Waals surface area contributed by atoms with E-state index in [1.165, 1.54) is 5.56 Å². The topological polar surface area (TPSA) is 41.1 Å². The van der Waals surface area contributed by atoms with Crippen molar-refractivity contribution in [2.24, 2.45) is 0 Å². The highest BCUT2D eigenvalue weighted by Gasteiger charge is 2.09. The largest absolute Gasteiger partial charge is 0.381 e. The average Bonchev–Trinajstić information content (AvgIpc) is 2.83. The Morgan fingerprint density at radius 1 is 1.42 bits per heavy atom. The lowest BCUT2D eigenvalue weighted by molar-refractivity contribution is 0.0963. The number of anilines is 1. The second-order valence-electron chi connectivity index (χ2n) is 3.89. The van der Waals surface area contributed by atoms with Crippen LogP contribution in [0.25, 0.3) is 0 Å². The normalized spacial score (nSPS) is 10.3. The van der Waals surface area contributed by atoms with Crippen LogP contribution in [-0.2, 0) is 6.54 Å². The number of carbonyl (C=O) groups excluding carboxylic acids is 1. The highest BCUT2D eigenvalue weighted by molar-refractivity contribution is 9.11. The van der Waals surface area contributed by atoms with Crippen molar-refractivity contribution in [3.8, 4) is 0 Å². The summed E-state index contributed by atoms with van der Waals surface area (Å²) in [6, 6.07) is 7.39. The van der Waals surface area contributed by atoms with Gasteiger partial charge in [0, 0.05) is 19.3 Å². The molecule has 19 heavy (non-hydrogen) atoms. The van der Waals surface area contributed by atoms with E-state index in [-0.39, 0.29) is 5.91 Å². The Morgan fingerprint density at radius 3 is 2.84 bits per heavy atom. The van der Waals surface area contributed by atoms with Gasteiger partial charge in [0.05, 0.1) is 14.4 Å². The molecule has 2 rings (SSSR count). The van der Waals surface area contributed by atoms with Gasteiger partial charge in [-0.05, 0) is 51.1 Å². The van der Waals surface area contributed by atoms with E-state index in [0.717, 1.165) is 9.47 Å². The monoisotopic (exact) mass is 358 g/mol. The van der Waals surface area contributed by atoms with Gasteiger partial charge in [-0.25, -0.2) is 0 Å². The molecule has 0 saturated heterocycles. The first-order chi connectivity index (χ1) is 9.10. The van der Waals surface area contributed by atoms with Gasteiger partial charge in [-0.15, -0.1) is 11.3 Å². The Bertz CT molecular complexity index is 600. The first kappa shape index (κ1) is 14.4. The average molecular weight is 360 g/mol. The fourth-order valence-corrected chi connectivity index (χ4v) is 3.00. The highest BCUT2D eigenvalue weighted by atomic mass is 79.9. The van der Waals surface area contributed by atoms with E-state index in [1.54, 1.807) is 30.5 Å². The SMILES string of the molecule is CNC(=O)c1cc(NCc2csc(Br)c2)ccc1Cl. The minimum Gasteiger partial charge on any atom is -0.381 e. The molecule has 0 fully saturated rings. The molecule has 1 amide bonds. The van der Waals surface area contributed by atoms with Gasteiger partial charge in [0.25, 0.3) is 5.91 Å². The van der Waals surface area contributed by atoms with E-state index < -0.39 is 0 Å². The number of thiophene rings is 1. The molecule has 0 unspecified atom stereocenters. The van der Waals surface area contributed by atoms with Crippen molar-refractivity contribution < 1.29 is 4.79 Å². The lowest BCUT2D eigenvalue weighted by atomic mass is 10.2. The van der Waals surface area contributed by atoms with Crippen LogP contribution in [0.2, 0.25) is 5.02 Å². The second-order valence-corrected chi connectivity index (χ2v) is 6.58. The standard InChI is InChI=1S/C13H12BrClN2OS/c1-16-13(18)10-5-9(2-3-11(10)15)17-6-8-4-12(14)19-7-8/h2-5,7,17H,6H2,1H3,(H,16,18). The van der Waals surface area contributed by atoms with Crippen LogP contribution in [0.5, 0.6) is 0 Å². The number of carbonyl (C=O) groups is 1. The van der Waals surface area contributed by atoms with E-state index in [4.69, 9.17) is 11.6 Å². The maximum Gasteiger partial charge on any atom is 0.252 e. The van der Waals surface area contributed by atoms with E-state index in [9.17, 15) is 4.79 Å². The molecular formula is C13H12BrClN2OS. The van der Waals surface area contributed by atoms with E-state index in [1.807, 2.05) is 6.07 Å². The quantitative estimate of drug-likeness (QED) is 0.861. The molecule has 0 aliphatic rings. The number of nitrogens with one attached hydrogen (secondary N) is 2. The molecular weight excluding hydrogens is 348 g/mol. The molecule has 0 spiro atoms. The van der Waals surface area contributed by atoms with Crippen LogP contribution in [0.3, 0.4) is 0 Å². The van der Waals surface area contributed by atoms with Crippen LogP contribution in [0.15, 0.2) is 33.4 Å². The number of hydrogen-bond acceptors (Lipinski definition) is 3. The summed E-state index contributed by atoms with van der Waals surface area (Å²) < 4.78 is 1.10. The number of benzene rings is 1. The number of rotatable bonds is 4. The van der Waals surface area contributed by atoms with E-state index in [0.29, 0.717) is 17.1 Å². The minimum atomic E-state index is -0.188. The second kappa shape index (κ2) is 6.41. The summed E-state index contributed by atoms with van der Waals surface area (Å²) in [5.74, 6) is -0.188. The van der Waals surface area contributed by atoms with Crippen LogP contribution in [0.1, 0.15) is 15.9 Å². The van der Waals surface area contributed by atoms with E-state index >= 15 is 0 Å². The maximum absolute atomic E-state index is 11.6. The van der Waals surface area contributed by atoms with Crippen LogP contribution in [-0.4, -0.2) is 13.0 Å². The summed E-state index contributed by atoms with van der Waals surface area (Å²) in [5.41, 5.74) is 2.53. The molecule has 1 heterocycles. The van der Waals surface area contributed by atoms with Crippen molar-refractivity contribution in [3.63, 3.8) is 0 Å². The maximum atomic E-state index is 11.6. The fraction of sp³-hybridized carbons (Fsp3) is 0.154. The number of amides is 1. The van der Waals surface area contributed by atoms with Gasteiger partial charge in [0.15, 0.2) is 0 Å². The first-order valence-electron chi connectivity index (χ1n) is 5.58. The van der Waals surface area contributed by atoms with Gasteiger partial charge in [0.2, 0.25) is 0 Å². The molecule has 6 heteroatoms. The fourth-order valence-electron chi connectivity index (χ4n) is 1.59. The van der Waals surface area contributed by atoms with Crippen LogP contribution in [0.4, 0.5) is 5.69 Å². The summed E-state index contributed by atoms with van der Waals surface area (Å²) in [4.78, 5) is 11.6. The van der Waals surface area contributed by atoms with Crippen molar-refractivity contribution in [1.29, 1.82) is 0 Å². The predicted octanol–water partition coefficient (Wildman–Crippen LogP) is 4.14. The Balaban J connectivity index is 2.10. The van der Waals surface area contributed by atoms with Gasteiger partial charge < -0.3 is 10.6 Å². The summed E-state index contributed by atoms with van der Waals surface area (Å²) in [5, 5.41) is 8.36. The molecule has 0 atom stereocenters. The molecule has 1 aromatic carbocycles. The highest BCUT2D eigenvalue weighted by Crippen LogP contribution is 2.23. The van der Waals surface area contributed by atoms with Gasteiger partial charge >= 0.3 is 0 Å². The summed E-state index contributed by atoms with van der Waals surface area (Å²) in [6.45, 7) is 0.705. The first-order valence-corrected chi connectivity index (χ1v) is 7.63. The third kappa shape index (κ3) is 3.72. The Hall–Kier alpha value is -1.04. The van der Waals surface area contributed by atoms with Gasteiger partial charge in [-0.2, -0.15) is 0 Å². The Labute approximate surface area is 129 Å². The van der Waals surface area contributed by atoms with Crippen molar-refractivity contribution in [1.82, 2.24) is 5.32 Å². The lowest BCUT2D eigenvalue weighted by Crippen LogP contribution is -2.18. The Kier molecular flexibility index (Phi) is 4.85. The zero-order valence-electron chi connectivity index (χ0n) is 10.2. The zero-order chi connectivity index (χ0) is 13.8. The molecule has 0 saturated carbocycles. The number of hydrogen-bond donors (Lipinski definition) is 2. The minimum absolute atomic E-state index is 0.188. The molecule has 2 aromatic rings. The molecule has 0 bridgehead atoms. The molecule has 100 valence electrons. The molecule has 3 nitrogen and oxygen atoms in total. The summed E-state index contributed by atoms with van der Waals surface area (Å²) in [6.07, 6.45) is 0.